The van der Waals surface area contributed by atoms with Gasteiger partial charge in [0.2, 0.25) is 0 Å². The van der Waals surface area contributed by atoms with Crippen molar-refractivity contribution in [3.63, 3.8) is 0 Å². The summed E-state index contributed by atoms with van der Waals surface area (Å²) < 4.78 is 41.0. The maximum atomic E-state index is 13.0. The van der Waals surface area contributed by atoms with Gasteiger partial charge in [0.25, 0.3) is 5.91 Å². The first kappa shape index (κ1) is 23.9. The van der Waals surface area contributed by atoms with E-state index < -0.39 is 22.7 Å². The van der Waals surface area contributed by atoms with Gasteiger partial charge in [-0.3, -0.25) is 9.59 Å². The number of fused-ring (bicyclic) bond motifs is 1. The zero-order chi connectivity index (χ0) is 24.6. The van der Waals surface area contributed by atoms with E-state index in [9.17, 15) is 22.8 Å². The normalized spacial score (nSPS) is 12.6. The molecule has 0 aliphatic heterocycles. The van der Waals surface area contributed by atoms with Crippen molar-refractivity contribution >= 4 is 51.3 Å². The summed E-state index contributed by atoms with van der Waals surface area (Å²) in [6.07, 6.45) is -0.399. The number of pyridine rings is 1. The van der Waals surface area contributed by atoms with Crippen LogP contribution in [0.15, 0.2) is 48.9 Å². The average molecular weight is 507 g/mol. The van der Waals surface area contributed by atoms with Crippen LogP contribution >= 0.6 is 22.9 Å². The van der Waals surface area contributed by atoms with Gasteiger partial charge in [0.1, 0.15) is 10.7 Å². The molecule has 1 N–H and O–H groups in total. The molecule has 0 radical (unpaired) electrons. The predicted octanol–water partition coefficient (Wildman–Crippen LogP) is 6.33. The first-order chi connectivity index (χ1) is 16.0. The Balaban J connectivity index is 1.43. The number of aromatic nitrogens is 3. The van der Waals surface area contributed by atoms with E-state index in [1.165, 1.54) is 6.20 Å². The first-order valence-electron chi connectivity index (χ1n) is 10.1. The number of alkyl halides is 3. The van der Waals surface area contributed by atoms with Gasteiger partial charge in [0.15, 0.2) is 5.78 Å². The topological polar surface area (TPSA) is 76.9 Å². The minimum absolute atomic E-state index is 0.0514. The fourth-order valence-corrected chi connectivity index (χ4v) is 4.54. The van der Waals surface area contributed by atoms with Crippen molar-refractivity contribution in [3.05, 3.63) is 75.0 Å². The SMILES string of the molecule is C[C@@H](CC(=O)c1ccc2c(ccn2C)c1)c1ncc(C(=O)Nc2cc(C(F)(F)F)c(Cl)cn2)s1. The number of Topliss-reactive ketones (excluding diaryl/α,β-unsaturated/α-hetero) is 1. The second-order valence-corrected chi connectivity index (χ2v) is 9.26. The molecule has 1 amide bonds. The van der Waals surface area contributed by atoms with Gasteiger partial charge >= 0.3 is 6.18 Å². The van der Waals surface area contributed by atoms with Crippen LogP contribution in [0.2, 0.25) is 5.02 Å². The second-order valence-electron chi connectivity index (χ2n) is 7.79. The Morgan fingerprint density at radius 3 is 2.68 bits per heavy atom. The number of rotatable bonds is 6. The van der Waals surface area contributed by atoms with Gasteiger partial charge in [-0.1, -0.05) is 18.5 Å². The van der Waals surface area contributed by atoms with E-state index in [1.54, 1.807) is 6.07 Å². The highest BCUT2D eigenvalue weighted by atomic mass is 35.5. The molecule has 3 heterocycles. The number of anilines is 1. The molecule has 0 fully saturated rings. The molecule has 0 unspecified atom stereocenters. The maximum absolute atomic E-state index is 13.0. The van der Waals surface area contributed by atoms with Crippen molar-refractivity contribution < 1.29 is 22.8 Å². The van der Waals surface area contributed by atoms with Crippen molar-refractivity contribution in [3.8, 4) is 0 Å². The van der Waals surface area contributed by atoms with Gasteiger partial charge in [0, 0.05) is 48.2 Å². The number of nitrogens with one attached hydrogen (secondary N) is 1. The number of nitrogens with zero attached hydrogens (tertiary/aromatic N) is 3. The van der Waals surface area contributed by atoms with Crippen LogP contribution in [-0.2, 0) is 13.2 Å². The summed E-state index contributed by atoms with van der Waals surface area (Å²) in [4.78, 5) is 33.4. The third-order valence-corrected chi connectivity index (χ3v) is 6.80. The van der Waals surface area contributed by atoms with Crippen LogP contribution in [0.5, 0.6) is 0 Å². The highest BCUT2D eigenvalue weighted by molar-refractivity contribution is 7.13. The zero-order valence-electron chi connectivity index (χ0n) is 18.0. The van der Waals surface area contributed by atoms with Crippen LogP contribution in [0.25, 0.3) is 10.9 Å². The van der Waals surface area contributed by atoms with Crippen LogP contribution in [0.1, 0.15) is 49.9 Å². The summed E-state index contributed by atoms with van der Waals surface area (Å²) in [6, 6.07) is 8.14. The minimum Gasteiger partial charge on any atom is -0.351 e. The van der Waals surface area contributed by atoms with E-state index in [-0.39, 0.29) is 28.8 Å². The van der Waals surface area contributed by atoms with E-state index in [0.29, 0.717) is 16.6 Å². The second kappa shape index (κ2) is 9.19. The summed E-state index contributed by atoms with van der Waals surface area (Å²) >= 11 is 6.63. The maximum Gasteiger partial charge on any atom is 0.418 e. The summed E-state index contributed by atoms with van der Waals surface area (Å²) in [5.74, 6) is -1.24. The van der Waals surface area contributed by atoms with E-state index in [1.807, 2.05) is 42.9 Å². The van der Waals surface area contributed by atoms with Crippen LogP contribution in [0.3, 0.4) is 0 Å². The Hall–Kier alpha value is -3.24. The van der Waals surface area contributed by atoms with Crippen molar-refractivity contribution in [2.75, 3.05) is 5.32 Å². The van der Waals surface area contributed by atoms with Crippen molar-refractivity contribution in [1.29, 1.82) is 0 Å². The Morgan fingerprint density at radius 1 is 1.18 bits per heavy atom. The lowest BCUT2D eigenvalue weighted by molar-refractivity contribution is -0.137. The number of carbonyl (C=O) groups is 2. The summed E-state index contributed by atoms with van der Waals surface area (Å²) in [7, 11) is 1.93. The Labute approximate surface area is 201 Å². The molecule has 0 saturated heterocycles. The average Bonchev–Trinajstić information content (AvgIpc) is 3.41. The van der Waals surface area contributed by atoms with Crippen LogP contribution < -0.4 is 5.32 Å². The van der Waals surface area contributed by atoms with Crippen molar-refractivity contribution in [2.45, 2.75) is 25.4 Å². The van der Waals surface area contributed by atoms with Crippen LogP contribution in [0.4, 0.5) is 19.0 Å². The van der Waals surface area contributed by atoms with Gasteiger partial charge in [0.05, 0.1) is 21.8 Å². The van der Waals surface area contributed by atoms with Gasteiger partial charge in [-0.25, -0.2) is 9.97 Å². The lowest BCUT2D eigenvalue weighted by atomic mass is 9.99. The predicted molar refractivity (Wildman–Crippen MR) is 125 cm³/mol. The molecule has 0 spiro atoms. The standard InChI is InChI=1S/C23H18ClF3N4O2S/c1-12(7-18(32)14-3-4-17-13(8-14)5-6-31(17)2)22-29-11-19(34-22)21(33)30-20-9-15(23(25,26)27)16(24)10-28-20/h3-6,8-12H,7H2,1-2H3,(H,28,30,33)/t12-/m0/s1. The van der Waals surface area contributed by atoms with E-state index in [4.69, 9.17) is 11.6 Å². The summed E-state index contributed by atoms with van der Waals surface area (Å²) in [5.41, 5.74) is 0.525. The molecular formula is C23H18ClF3N4O2S. The van der Waals surface area contributed by atoms with Crippen LogP contribution in [0, 0.1) is 0 Å². The molecule has 4 rings (SSSR count). The Bertz CT molecular complexity index is 1400. The molecule has 34 heavy (non-hydrogen) atoms. The highest BCUT2D eigenvalue weighted by Gasteiger charge is 2.34. The van der Waals surface area contributed by atoms with Crippen molar-refractivity contribution in [2.24, 2.45) is 7.05 Å². The molecule has 11 heteroatoms. The van der Waals surface area contributed by atoms with Gasteiger partial charge in [-0.2, -0.15) is 13.2 Å². The van der Waals surface area contributed by atoms with Crippen LogP contribution in [-0.4, -0.2) is 26.2 Å². The summed E-state index contributed by atoms with van der Waals surface area (Å²) in [5, 5.41) is 3.31. The smallest absolute Gasteiger partial charge is 0.351 e. The third kappa shape index (κ3) is 4.97. The number of ketones is 1. The first-order valence-corrected chi connectivity index (χ1v) is 11.3. The quantitative estimate of drug-likeness (QED) is 0.310. The van der Waals surface area contributed by atoms with Crippen molar-refractivity contribution in [1.82, 2.24) is 14.5 Å². The van der Waals surface area contributed by atoms with E-state index >= 15 is 0 Å². The molecular weight excluding hydrogens is 489 g/mol. The molecule has 6 nitrogen and oxygen atoms in total. The Morgan fingerprint density at radius 2 is 1.94 bits per heavy atom. The molecule has 4 aromatic rings. The zero-order valence-corrected chi connectivity index (χ0v) is 19.6. The number of hydrogen-bond donors (Lipinski definition) is 1. The number of benzene rings is 1. The fourth-order valence-electron chi connectivity index (χ4n) is 3.46. The molecule has 0 aliphatic carbocycles. The lowest BCUT2D eigenvalue weighted by Crippen LogP contribution is -2.13. The monoisotopic (exact) mass is 506 g/mol. The van der Waals surface area contributed by atoms with Gasteiger partial charge in [-0.15, -0.1) is 11.3 Å². The number of carbonyl (C=O) groups excluding carboxylic acids is 2. The van der Waals surface area contributed by atoms with E-state index in [2.05, 4.69) is 15.3 Å². The molecule has 0 saturated carbocycles. The molecule has 3 aromatic heterocycles. The molecule has 0 bridgehead atoms. The molecule has 0 aliphatic rings. The fraction of sp³-hybridized carbons (Fsp3) is 0.217. The third-order valence-electron chi connectivity index (χ3n) is 5.27. The number of amides is 1. The molecule has 176 valence electrons. The van der Waals surface area contributed by atoms with Gasteiger partial charge < -0.3 is 9.88 Å². The van der Waals surface area contributed by atoms with E-state index in [0.717, 1.165) is 28.4 Å². The highest BCUT2D eigenvalue weighted by Crippen LogP contribution is 2.35. The largest absolute Gasteiger partial charge is 0.418 e. The Kier molecular flexibility index (Phi) is 6.46. The lowest BCUT2D eigenvalue weighted by Gasteiger charge is -2.10. The number of hydrogen-bond acceptors (Lipinski definition) is 5. The van der Waals surface area contributed by atoms with Gasteiger partial charge in [-0.05, 0) is 30.3 Å². The number of aryl methyl sites for hydroxylation is 1. The number of thiazole rings is 1. The number of halogens is 4. The summed E-state index contributed by atoms with van der Waals surface area (Å²) in [6.45, 7) is 1.83. The molecule has 1 atom stereocenters. The molecule has 1 aromatic carbocycles. The minimum atomic E-state index is -4.68.